The van der Waals surface area contributed by atoms with Crippen molar-refractivity contribution in [2.45, 2.75) is 6.42 Å². The van der Waals surface area contributed by atoms with E-state index in [4.69, 9.17) is 0 Å². The van der Waals surface area contributed by atoms with Crippen LogP contribution in [0.1, 0.15) is 16.8 Å². The van der Waals surface area contributed by atoms with E-state index in [0.717, 1.165) is 48.8 Å². The first kappa shape index (κ1) is 14.7. The number of carbonyl (C=O) groups is 1. The van der Waals surface area contributed by atoms with E-state index in [-0.39, 0.29) is 5.91 Å². The molecule has 3 rings (SSSR count). The second kappa shape index (κ2) is 6.23. The first-order valence-electron chi connectivity index (χ1n) is 7.64. The molecule has 2 aliphatic heterocycles. The number of benzene rings is 1. The fraction of sp³-hybridized carbons (Fsp3) is 0.353. The van der Waals surface area contributed by atoms with Gasteiger partial charge in [-0.1, -0.05) is 18.2 Å². The molecule has 0 fully saturated rings. The number of allylic oxidation sites excluding steroid dienone is 1. The molecule has 0 atom stereocenters. The highest BCUT2D eigenvalue weighted by Gasteiger charge is 2.26. The molecule has 0 saturated heterocycles. The molecule has 0 bridgehead atoms. The van der Waals surface area contributed by atoms with Crippen LogP contribution in [-0.4, -0.2) is 44.5 Å². The molecule has 0 aromatic heterocycles. The lowest BCUT2D eigenvalue weighted by molar-refractivity contribution is 0.0968. The Kier molecular flexibility index (Phi) is 4.15. The van der Waals surface area contributed by atoms with Crippen LogP contribution in [-0.2, 0) is 0 Å². The van der Waals surface area contributed by atoms with Gasteiger partial charge in [0.15, 0.2) is 0 Å². The monoisotopic (exact) mass is 298 g/mol. The minimum atomic E-state index is -0.0495. The second-order valence-corrected chi connectivity index (χ2v) is 5.83. The minimum absolute atomic E-state index is 0.0495. The number of nitrogens with one attached hydrogen (secondary N) is 2. The Labute approximate surface area is 131 Å². The Bertz CT molecular complexity index is 633. The maximum absolute atomic E-state index is 12.4. The van der Waals surface area contributed by atoms with E-state index in [9.17, 15) is 4.79 Å². The van der Waals surface area contributed by atoms with Crippen molar-refractivity contribution in [3.63, 3.8) is 0 Å². The highest BCUT2D eigenvalue weighted by molar-refractivity contribution is 6.02. The number of hydrogen-bond acceptors (Lipinski definition) is 4. The minimum Gasteiger partial charge on any atom is -0.366 e. The molecule has 5 nitrogen and oxygen atoms in total. The zero-order valence-corrected chi connectivity index (χ0v) is 13.1. The molecule has 116 valence electrons. The molecule has 0 unspecified atom stereocenters. The highest BCUT2D eigenvalue weighted by atomic mass is 16.1. The summed E-state index contributed by atoms with van der Waals surface area (Å²) in [5.74, 6) is 0.936. The van der Waals surface area contributed by atoms with Crippen LogP contribution in [0, 0.1) is 0 Å². The number of anilines is 1. The van der Waals surface area contributed by atoms with Crippen molar-refractivity contribution in [2.24, 2.45) is 0 Å². The number of rotatable bonds is 4. The number of nitrogens with zero attached hydrogens (tertiary/aromatic N) is 2. The summed E-state index contributed by atoms with van der Waals surface area (Å²) >= 11 is 0. The lowest BCUT2D eigenvalue weighted by Gasteiger charge is -2.30. The van der Waals surface area contributed by atoms with Crippen LogP contribution in [0.15, 0.2) is 47.9 Å². The topological polar surface area (TPSA) is 47.6 Å². The molecule has 2 N–H and O–H groups in total. The van der Waals surface area contributed by atoms with Gasteiger partial charge in [-0.3, -0.25) is 4.79 Å². The average Bonchev–Trinajstić information content (AvgIpc) is 2.63. The van der Waals surface area contributed by atoms with Crippen molar-refractivity contribution in [3.8, 4) is 0 Å². The third-order valence-corrected chi connectivity index (χ3v) is 3.87. The van der Waals surface area contributed by atoms with E-state index in [0.29, 0.717) is 0 Å². The third-order valence-electron chi connectivity index (χ3n) is 3.87. The van der Waals surface area contributed by atoms with Gasteiger partial charge in [0.05, 0.1) is 16.9 Å². The zero-order chi connectivity index (χ0) is 15.5. The average molecular weight is 298 g/mol. The molecule has 1 amide bonds. The normalized spacial score (nSPS) is 16.9. The van der Waals surface area contributed by atoms with Crippen LogP contribution in [0.25, 0.3) is 0 Å². The van der Waals surface area contributed by atoms with Crippen LogP contribution < -0.4 is 15.5 Å². The van der Waals surface area contributed by atoms with E-state index < -0.39 is 0 Å². The molecule has 2 aliphatic rings. The third kappa shape index (κ3) is 2.85. The molecule has 0 spiro atoms. The van der Waals surface area contributed by atoms with Crippen molar-refractivity contribution in [2.75, 3.05) is 38.6 Å². The van der Waals surface area contributed by atoms with Gasteiger partial charge < -0.3 is 20.4 Å². The summed E-state index contributed by atoms with van der Waals surface area (Å²) in [4.78, 5) is 16.8. The molecule has 1 aromatic rings. The Morgan fingerprint density at radius 1 is 1.27 bits per heavy atom. The standard InChI is InChI=1S/C17H22N4O/c1-20(2)11-6-12-21-15-9-4-3-7-13(15)17(22)19-14-8-5-10-18-16(14)21/h3-5,7-9,18H,6,10-12H2,1-2H3,(H,19,22). The van der Waals surface area contributed by atoms with E-state index in [1.807, 2.05) is 36.4 Å². The van der Waals surface area contributed by atoms with Crippen molar-refractivity contribution in [1.82, 2.24) is 15.5 Å². The van der Waals surface area contributed by atoms with Gasteiger partial charge >= 0.3 is 0 Å². The summed E-state index contributed by atoms with van der Waals surface area (Å²) in [6.07, 6.45) is 5.03. The van der Waals surface area contributed by atoms with Gasteiger partial charge in [-0.2, -0.15) is 0 Å². The summed E-state index contributed by atoms with van der Waals surface area (Å²) in [7, 11) is 4.15. The molecular formula is C17H22N4O. The van der Waals surface area contributed by atoms with Crippen LogP contribution in [0.4, 0.5) is 5.69 Å². The molecule has 0 saturated carbocycles. The van der Waals surface area contributed by atoms with Crippen LogP contribution >= 0.6 is 0 Å². The van der Waals surface area contributed by atoms with Gasteiger partial charge in [-0.15, -0.1) is 0 Å². The van der Waals surface area contributed by atoms with Gasteiger partial charge in [0.25, 0.3) is 5.91 Å². The summed E-state index contributed by atoms with van der Waals surface area (Å²) in [5.41, 5.74) is 2.53. The van der Waals surface area contributed by atoms with Crippen LogP contribution in [0.2, 0.25) is 0 Å². The Morgan fingerprint density at radius 2 is 2.09 bits per heavy atom. The molecule has 0 radical (unpaired) electrons. The number of carbonyl (C=O) groups excluding carboxylic acids is 1. The maximum atomic E-state index is 12.4. The molecular weight excluding hydrogens is 276 g/mol. The Morgan fingerprint density at radius 3 is 2.91 bits per heavy atom. The van der Waals surface area contributed by atoms with Crippen LogP contribution in [0.3, 0.4) is 0 Å². The maximum Gasteiger partial charge on any atom is 0.257 e. The first-order valence-corrected chi connectivity index (χ1v) is 7.64. The lowest BCUT2D eigenvalue weighted by Crippen LogP contribution is -2.37. The quantitative estimate of drug-likeness (QED) is 0.885. The van der Waals surface area contributed by atoms with Gasteiger partial charge in [-0.05, 0) is 45.3 Å². The van der Waals surface area contributed by atoms with Crippen molar-refractivity contribution in [1.29, 1.82) is 0 Å². The first-order chi connectivity index (χ1) is 10.7. The fourth-order valence-electron chi connectivity index (χ4n) is 2.84. The lowest BCUT2D eigenvalue weighted by atomic mass is 10.1. The van der Waals surface area contributed by atoms with E-state index in [2.05, 4.69) is 34.5 Å². The van der Waals surface area contributed by atoms with Crippen molar-refractivity contribution < 1.29 is 4.79 Å². The summed E-state index contributed by atoms with van der Waals surface area (Å²) < 4.78 is 0. The SMILES string of the molecule is CN(C)CCCN1C2=C(C=CCN2)NC(=O)c2ccccc21. The fourth-order valence-corrected chi connectivity index (χ4v) is 2.84. The number of dihydropyridines is 1. The summed E-state index contributed by atoms with van der Waals surface area (Å²) in [5, 5.41) is 6.41. The molecule has 0 aliphatic carbocycles. The van der Waals surface area contributed by atoms with Crippen LogP contribution in [0.5, 0.6) is 0 Å². The molecule has 22 heavy (non-hydrogen) atoms. The van der Waals surface area contributed by atoms with Gasteiger partial charge in [0.1, 0.15) is 5.82 Å². The Balaban J connectivity index is 1.97. The predicted molar refractivity (Wildman–Crippen MR) is 88.6 cm³/mol. The Hall–Kier alpha value is -2.27. The molecule has 5 heteroatoms. The van der Waals surface area contributed by atoms with E-state index in [1.165, 1.54) is 0 Å². The number of fused-ring (bicyclic) bond motifs is 1. The van der Waals surface area contributed by atoms with E-state index in [1.54, 1.807) is 0 Å². The van der Waals surface area contributed by atoms with Gasteiger partial charge in [0.2, 0.25) is 0 Å². The number of amides is 1. The van der Waals surface area contributed by atoms with E-state index >= 15 is 0 Å². The largest absolute Gasteiger partial charge is 0.366 e. The van der Waals surface area contributed by atoms with Gasteiger partial charge in [0, 0.05) is 13.1 Å². The summed E-state index contributed by atoms with van der Waals surface area (Å²) in [6.45, 7) is 2.66. The smallest absolute Gasteiger partial charge is 0.257 e. The van der Waals surface area contributed by atoms with Crippen molar-refractivity contribution >= 4 is 11.6 Å². The zero-order valence-electron chi connectivity index (χ0n) is 13.1. The van der Waals surface area contributed by atoms with Crippen molar-refractivity contribution in [3.05, 3.63) is 53.5 Å². The predicted octanol–water partition coefficient (Wildman–Crippen LogP) is 1.52. The molecule has 2 heterocycles. The summed E-state index contributed by atoms with van der Waals surface area (Å²) in [6, 6.07) is 7.78. The van der Waals surface area contributed by atoms with Gasteiger partial charge in [-0.25, -0.2) is 0 Å². The molecule has 1 aromatic carbocycles. The highest BCUT2D eigenvalue weighted by Crippen LogP contribution is 2.28. The second-order valence-electron chi connectivity index (χ2n) is 5.83. The number of hydrogen-bond donors (Lipinski definition) is 2. The number of para-hydroxylation sites is 1.